The smallest absolute Gasteiger partial charge is 0.192 e. The van der Waals surface area contributed by atoms with Crippen molar-refractivity contribution >= 4 is 36.5 Å². The van der Waals surface area contributed by atoms with E-state index in [-0.39, 0.29) is 117 Å². The lowest BCUT2D eigenvalue weighted by molar-refractivity contribution is -0.196. The molecule has 418 valence electrons. The summed E-state index contributed by atoms with van der Waals surface area (Å²) >= 11 is 0. The van der Waals surface area contributed by atoms with Gasteiger partial charge in [-0.05, 0) is 159 Å². The Morgan fingerprint density at radius 2 is 1.23 bits per heavy atom. The van der Waals surface area contributed by atoms with Crippen LogP contribution >= 0.6 is 0 Å². The molecule has 0 N–H and O–H groups in total. The van der Waals surface area contributed by atoms with E-state index in [2.05, 4.69) is 149 Å². The summed E-state index contributed by atoms with van der Waals surface area (Å²) in [4.78, 5) is 29.0. The van der Waals surface area contributed by atoms with Gasteiger partial charge in [-0.3, -0.25) is 9.59 Å². The molecule has 7 aliphatic heterocycles. The van der Waals surface area contributed by atoms with Crippen molar-refractivity contribution in [1.29, 1.82) is 0 Å². The van der Waals surface area contributed by atoms with E-state index in [0.29, 0.717) is 43.9 Å². The van der Waals surface area contributed by atoms with Gasteiger partial charge in [-0.2, -0.15) is 0 Å². The number of carbonyl (C=O) groups excluding carboxylic acids is 2. The topological polar surface area (TPSA) is 98.8 Å². The summed E-state index contributed by atoms with van der Waals surface area (Å²) in [6.07, 6.45) is 12.8. The van der Waals surface area contributed by atoms with Crippen LogP contribution in [0.15, 0.2) is 36.5 Å². The highest BCUT2D eigenvalue weighted by molar-refractivity contribution is 6.75. The monoisotopic (exact) mass is 1070 g/mol. The van der Waals surface area contributed by atoms with Crippen LogP contribution in [-0.4, -0.2) is 104 Å². The van der Waals surface area contributed by atoms with Crippen molar-refractivity contribution in [1.82, 2.24) is 0 Å². The second-order valence-electron chi connectivity index (χ2n) is 29.2. The van der Waals surface area contributed by atoms with Gasteiger partial charge >= 0.3 is 0 Å². The zero-order valence-corrected chi connectivity index (χ0v) is 53.0. The van der Waals surface area contributed by atoms with Gasteiger partial charge in [0.1, 0.15) is 5.78 Å². The van der Waals surface area contributed by atoms with Gasteiger partial charge in [0.05, 0.1) is 67.1 Å². The lowest BCUT2D eigenvalue weighted by atomic mass is 9.70. The van der Waals surface area contributed by atoms with E-state index >= 15 is 0 Å². The molecule has 8 bridgehead atoms. The molecule has 4 saturated heterocycles. The number of fused-ring (bicyclic) bond motifs is 2. The third kappa shape index (κ3) is 14.8. The summed E-state index contributed by atoms with van der Waals surface area (Å²) in [6.45, 7) is 53.1. The molecule has 0 aromatic heterocycles. The van der Waals surface area contributed by atoms with Crippen LogP contribution in [0.4, 0.5) is 0 Å². The Labute approximate surface area is 449 Å². The van der Waals surface area contributed by atoms with Crippen molar-refractivity contribution in [2.45, 2.75) is 301 Å². The molecule has 8 aliphatic rings. The number of Topliss-reactive ketones (excluding diaryl/α,β-unsaturated/α-hetero) is 1. The number of carbonyl (C=O) groups is 2. The summed E-state index contributed by atoms with van der Waals surface area (Å²) in [5.74, 6) is 1.61. The highest BCUT2D eigenvalue weighted by atomic mass is 28.4. The van der Waals surface area contributed by atoms with E-state index in [0.717, 1.165) is 68.9 Å². The molecular formula is C61H108O9Si3. The predicted octanol–water partition coefficient (Wildman–Crippen LogP) is 15.3. The lowest BCUT2D eigenvalue weighted by Crippen LogP contribution is -2.65. The normalized spacial score (nSPS) is 38.2. The minimum Gasteiger partial charge on any atom is -0.411 e. The molecule has 1 saturated carbocycles. The van der Waals surface area contributed by atoms with Crippen molar-refractivity contribution in [3.05, 3.63) is 36.5 Å². The zero-order chi connectivity index (χ0) is 54.4. The van der Waals surface area contributed by atoms with Crippen LogP contribution in [-0.2, 0) is 41.8 Å². The zero-order valence-electron chi connectivity index (χ0n) is 50.0. The van der Waals surface area contributed by atoms with E-state index in [1.807, 2.05) is 6.08 Å². The predicted molar refractivity (Wildman–Crippen MR) is 307 cm³/mol. The quantitative estimate of drug-likeness (QED) is 0.165. The van der Waals surface area contributed by atoms with Crippen LogP contribution in [0.1, 0.15) is 180 Å². The molecule has 0 amide bonds. The highest BCUT2D eigenvalue weighted by Gasteiger charge is 2.57. The molecule has 73 heavy (non-hydrogen) atoms. The summed E-state index contributed by atoms with van der Waals surface area (Å²) < 4.78 is 51.4. The Kier molecular flexibility index (Phi) is 19.9. The second-order valence-corrected chi connectivity index (χ2v) is 43.4. The highest BCUT2D eigenvalue weighted by Crippen LogP contribution is 2.51. The average molecular weight is 1070 g/mol. The first-order chi connectivity index (χ1) is 33.6. The minimum atomic E-state index is -2.46. The second kappa shape index (κ2) is 23.7. The fourth-order valence-corrected chi connectivity index (χ4v) is 16.0. The summed E-state index contributed by atoms with van der Waals surface area (Å²) in [5.41, 5.74) is 2.25. The Balaban J connectivity index is 1.42. The Bertz CT molecular complexity index is 1940. The molecule has 17 atom stereocenters. The fraction of sp³-hybridized carbons (Fsp3) is 0.869. The van der Waals surface area contributed by atoms with Crippen molar-refractivity contribution in [3.63, 3.8) is 0 Å². The molecule has 0 aromatic rings. The third-order valence-electron chi connectivity index (χ3n) is 20.5. The summed E-state index contributed by atoms with van der Waals surface area (Å²) in [6, 6.07) is 0. The molecule has 1 aliphatic carbocycles. The van der Waals surface area contributed by atoms with E-state index in [9.17, 15) is 9.59 Å². The maximum atomic E-state index is 14.8. The van der Waals surface area contributed by atoms with Gasteiger partial charge in [0.2, 0.25) is 0 Å². The van der Waals surface area contributed by atoms with Crippen molar-refractivity contribution in [3.8, 4) is 0 Å². The maximum absolute atomic E-state index is 14.8. The van der Waals surface area contributed by atoms with Gasteiger partial charge < -0.3 is 32.2 Å². The molecule has 8 rings (SSSR count). The van der Waals surface area contributed by atoms with Crippen LogP contribution in [0.25, 0.3) is 0 Å². The van der Waals surface area contributed by atoms with Crippen molar-refractivity contribution in [2.75, 3.05) is 0 Å². The number of hydrogen-bond acceptors (Lipinski definition) is 9. The number of ether oxygens (including phenoxy) is 4. The van der Waals surface area contributed by atoms with Gasteiger partial charge in [0.25, 0.3) is 0 Å². The van der Waals surface area contributed by atoms with E-state index in [4.69, 9.17) is 32.2 Å². The number of hydrogen-bond donors (Lipinski definition) is 0. The minimum absolute atomic E-state index is 0.0445. The molecule has 5 fully saturated rings. The average Bonchev–Trinajstić information content (AvgIpc) is 3.77. The Morgan fingerprint density at radius 1 is 0.658 bits per heavy atom. The Morgan fingerprint density at radius 3 is 1.85 bits per heavy atom. The van der Waals surface area contributed by atoms with Crippen molar-refractivity contribution < 1.29 is 41.8 Å². The molecule has 0 aromatic carbocycles. The first kappa shape index (κ1) is 61.1. The van der Waals surface area contributed by atoms with Gasteiger partial charge in [-0.15, -0.1) is 0 Å². The SMILES string of the molecule is C=C1C[C@@H]2CCC(=O)/C=C/[C@H](O[Si](C)(C)C(C)(C)C)[C@@H]3C[C@H]4CC[C@H](CC(=O)C[C@@H]5[C@@H](C)[C@@H](C[C@H](C)CC)O[C@H]5C[C@H]5O[C@@H](CC[C@@H]1O2)C[C@@H](C)C5=C)O[C@@H]4[C@H](O[Si](C)(C)C(C)(C)C)[C@@H]3O[Si](C)(C)C(C)(C)C. The van der Waals surface area contributed by atoms with Crippen LogP contribution in [0.5, 0.6) is 0 Å². The molecule has 12 heteroatoms. The molecule has 0 radical (unpaired) electrons. The van der Waals surface area contributed by atoms with Gasteiger partial charge in [0, 0.05) is 31.6 Å². The van der Waals surface area contributed by atoms with Crippen molar-refractivity contribution in [2.24, 2.45) is 35.5 Å². The van der Waals surface area contributed by atoms with Crippen LogP contribution in [0.2, 0.25) is 54.4 Å². The largest absolute Gasteiger partial charge is 0.411 e. The Hall–Kier alpha value is -1.07. The molecular weight excluding hydrogens is 961 g/mol. The number of ketones is 2. The van der Waals surface area contributed by atoms with E-state index < -0.39 is 25.0 Å². The van der Waals surface area contributed by atoms with Crippen LogP contribution in [0.3, 0.4) is 0 Å². The third-order valence-corrected chi connectivity index (χ3v) is 33.9. The molecule has 7 heterocycles. The maximum Gasteiger partial charge on any atom is 0.192 e. The molecule has 0 spiro atoms. The first-order valence-corrected chi connectivity index (χ1v) is 38.1. The van der Waals surface area contributed by atoms with Crippen LogP contribution < -0.4 is 0 Å². The summed E-state index contributed by atoms with van der Waals surface area (Å²) in [5, 5.41) is -0.211. The first-order valence-electron chi connectivity index (χ1n) is 29.4. The van der Waals surface area contributed by atoms with E-state index in [1.54, 1.807) is 0 Å². The van der Waals surface area contributed by atoms with Gasteiger partial charge in [-0.1, -0.05) is 116 Å². The fourth-order valence-electron chi connectivity index (χ4n) is 12.1. The number of rotatable bonds is 9. The van der Waals surface area contributed by atoms with Gasteiger partial charge in [0.15, 0.2) is 30.7 Å². The van der Waals surface area contributed by atoms with Crippen LogP contribution in [0, 0.1) is 35.5 Å². The lowest BCUT2D eigenvalue weighted by Gasteiger charge is -2.56. The van der Waals surface area contributed by atoms with E-state index in [1.165, 1.54) is 0 Å². The summed E-state index contributed by atoms with van der Waals surface area (Å²) in [7, 11) is -7.31. The van der Waals surface area contributed by atoms with Gasteiger partial charge in [-0.25, -0.2) is 0 Å². The number of allylic oxidation sites excluding steroid dienone is 1. The standard InChI is InChI=1S/C61H108O9Si3/c1-22-38(2)31-53-42(6)49-36-45(63)35-48-26-23-43-34-50(57(69-72(18,19)60(10,11)12)58(56(43)66-48)70-73(20,21)61(13,14)15)52(68-71(16,17)59(7,8)9)29-25-44(62)24-27-46-33-40(4)51(64-46)30-28-47-32-39(3)41(5)54(65-47)37-55(49)67-53/h25,29,38-39,42-43,46-58H,4-5,22-24,26-28,30-37H2,1-3,6-21H3/b29-25+/t38-,39-,42-,43-,46+,47+,48-,49-,50+,51+,52+,53-,54-,55+,56+,57-,58+/m1/s1. The molecule has 9 nitrogen and oxygen atoms in total. The molecule has 0 unspecified atom stereocenters.